The van der Waals surface area contributed by atoms with E-state index in [2.05, 4.69) is 20.5 Å². The Morgan fingerprint density at radius 2 is 2.53 bits per heavy atom. The Bertz CT molecular complexity index is 320. The van der Waals surface area contributed by atoms with Crippen molar-refractivity contribution in [1.82, 2.24) is 15.5 Å². The van der Waals surface area contributed by atoms with Crippen molar-refractivity contribution < 1.29 is 4.74 Å². The van der Waals surface area contributed by atoms with E-state index in [-0.39, 0.29) is 0 Å². The van der Waals surface area contributed by atoms with Crippen molar-refractivity contribution in [3.05, 3.63) is 17.5 Å². The summed E-state index contributed by atoms with van der Waals surface area (Å²) < 4.78 is 4.87. The third kappa shape index (κ3) is 3.99. The summed E-state index contributed by atoms with van der Waals surface area (Å²) in [5, 5.41) is 9.68. The van der Waals surface area contributed by atoms with Gasteiger partial charge in [-0.2, -0.15) is 5.10 Å². The number of aromatic nitrogens is 2. The third-order valence-corrected chi connectivity index (χ3v) is 1.97. The number of guanidine groups is 1. The molecule has 15 heavy (non-hydrogen) atoms. The largest absolute Gasteiger partial charge is 0.383 e. The van der Waals surface area contributed by atoms with Crippen LogP contribution in [0.4, 0.5) is 0 Å². The van der Waals surface area contributed by atoms with Gasteiger partial charge in [-0.15, -0.1) is 0 Å². The van der Waals surface area contributed by atoms with E-state index in [4.69, 9.17) is 10.5 Å². The summed E-state index contributed by atoms with van der Waals surface area (Å²) in [4.78, 5) is 4.17. The van der Waals surface area contributed by atoms with E-state index in [1.54, 1.807) is 13.3 Å². The molecule has 1 heterocycles. The third-order valence-electron chi connectivity index (χ3n) is 1.97. The fourth-order valence-electron chi connectivity index (χ4n) is 1.04. The Labute approximate surface area is 88.9 Å². The first-order valence-electron chi connectivity index (χ1n) is 4.75. The number of aliphatic imine (C=N–C) groups is 1. The molecule has 1 rings (SSSR count). The van der Waals surface area contributed by atoms with Gasteiger partial charge in [-0.05, 0) is 6.92 Å². The zero-order chi connectivity index (χ0) is 11.1. The number of methoxy groups -OCH3 is 1. The number of nitrogens with two attached hydrogens (primary N) is 1. The smallest absolute Gasteiger partial charge is 0.189 e. The van der Waals surface area contributed by atoms with Crippen molar-refractivity contribution in [1.29, 1.82) is 0 Å². The average molecular weight is 211 g/mol. The molecule has 6 nitrogen and oxygen atoms in total. The second-order valence-corrected chi connectivity index (χ2v) is 3.14. The lowest BCUT2D eigenvalue weighted by atomic mass is 10.3. The lowest BCUT2D eigenvalue weighted by Gasteiger charge is -2.03. The van der Waals surface area contributed by atoms with E-state index in [0.717, 1.165) is 11.3 Å². The molecule has 1 aromatic rings. The van der Waals surface area contributed by atoms with Crippen LogP contribution < -0.4 is 11.1 Å². The molecule has 0 aliphatic carbocycles. The predicted octanol–water partition coefficient (Wildman–Crippen LogP) is -0.231. The van der Waals surface area contributed by atoms with Gasteiger partial charge in [-0.3, -0.25) is 5.10 Å². The Morgan fingerprint density at radius 3 is 3.13 bits per heavy atom. The topological polar surface area (TPSA) is 88.3 Å². The Morgan fingerprint density at radius 1 is 1.73 bits per heavy atom. The highest BCUT2D eigenvalue weighted by molar-refractivity contribution is 5.77. The van der Waals surface area contributed by atoms with Gasteiger partial charge in [-0.1, -0.05) is 0 Å². The Kier molecular flexibility index (Phi) is 4.62. The van der Waals surface area contributed by atoms with Crippen LogP contribution in [0.1, 0.15) is 11.3 Å². The summed E-state index contributed by atoms with van der Waals surface area (Å²) >= 11 is 0. The van der Waals surface area contributed by atoms with Gasteiger partial charge in [0.2, 0.25) is 0 Å². The normalized spacial score (nSPS) is 11.7. The summed E-state index contributed by atoms with van der Waals surface area (Å²) in [6.45, 7) is 3.76. The number of rotatable bonds is 5. The lowest BCUT2D eigenvalue weighted by Crippen LogP contribution is -2.34. The number of aromatic amines is 1. The fourth-order valence-corrected chi connectivity index (χ4v) is 1.04. The van der Waals surface area contributed by atoms with E-state index in [1.165, 1.54) is 0 Å². The van der Waals surface area contributed by atoms with Gasteiger partial charge in [0.05, 0.1) is 19.3 Å². The Balaban J connectivity index is 2.34. The first-order valence-corrected chi connectivity index (χ1v) is 4.75. The summed E-state index contributed by atoms with van der Waals surface area (Å²) in [7, 11) is 1.64. The van der Waals surface area contributed by atoms with E-state index in [9.17, 15) is 0 Å². The van der Waals surface area contributed by atoms with Crippen LogP contribution in [0.5, 0.6) is 0 Å². The molecule has 1 aromatic heterocycles. The first kappa shape index (κ1) is 11.5. The van der Waals surface area contributed by atoms with Crippen LogP contribution in [0.25, 0.3) is 0 Å². The number of H-pyrrole nitrogens is 1. The second kappa shape index (κ2) is 6.02. The van der Waals surface area contributed by atoms with Gasteiger partial charge in [0.1, 0.15) is 0 Å². The van der Waals surface area contributed by atoms with E-state index < -0.39 is 0 Å². The van der Waals surface area contributed by atoms with Gasteiger partial charge in [0.15, 0.2) is 5.96 Å². The van der Waals surface area contributed by atoms with Gasteiger partial charge >= 0.3 is 0 Å². The minimum Gasteiger partial charge on any atom is -0.383 e. The van der Waals surface area contributed by atoms with Crippen molar-refractivity contribution in [2.45, 2.75) is 13.5 Å². The van der Waals surface area contributed by atoms with Crippen molar-refractivity contribution in [3.63, 3.8) is 0 Å². The van der Waals surface area contributed by atoms with Gasteiger partial charge in [-0.25, -0.2) is 4.99 Å². The average Bonchev–Trinajstić information content (AvgIpc) is 2.61. The maximum absolute atomic E-state index is 5.63. The van der Waals surface area contributed by atoms with Gasteiger partial charge in [0.25, 0.3) is 0 Å². The molecular weight excluding hydrogens is 194 g/mol. The SMILES string of the molecule is COCCNC(N)=NCc1cn[nH]c1C. The summed E-state index contributed by atoms with van der Waals surface area (Å²) in [6.07, 6.45) is 1.75. The van der Waals surface area contributed by atoms with Crippen molar-refractivity contribution >= 4 is 5.96 Å². The molecule has 84 valence electrons. The summed E-state index contributed by atoms with van der Waals surface area (Å²) in [6, 6.07) is 0. The lowest BCUT2D eigenvalue weighted by molar-refractivity contribution is 0.204. The molecular formula is C9H17N5O. The number of aryl methyl sites for hydroxylation is 1. The molecule has 0 amide bonds. The minimum atomic E-state index is 0.424. The number of hydrogen-bond acceptors (Lipinski definition) is 3. The number of ether oxygens (including phenoxy) is 1. The summed E-state index contributed by atoms with van der Waals surface area (Å²) in [5.41, 5.74) is 7.70. The quantitative estimate of drug-likeness (QED) is 0.356. The maximum atomic E-state index is 5.63. The zero-order valence-corrected chi connectivity index (χ0v) is 9.08. The molecule has 0 aromatic carbocycles. The molecule has 0 aliphatic heterocycles. The maximum Gasteiger partial charge on any atom is 0.189 e. The molecule has 0 saturated carbocycles. The van der Waals surface area contributed by atoms with Gasteiger partial charge in [0, 0.05) is 24.9 Å². The number of nitrogens with zero attached hydrogens (tertiary/aromatic N) is 2. The van der Waals surface area contributed by atoms with E-state index in [0.29, 0.717) is 25.7 Å². The monoisotopic (exact) mass is 211 g/mol. The summed E-state index contributed by atoms with van der Waals surface area (Å²) in [5.74, 6) is 0.424. The van der Waals surface area contributed by atoms with E-state index in [1.807, 2.05) is 6.92 Å². The molecule has 0 atom stereocenters. The highest BCUT2D eigenvalue weighted by Gasteiger charge is 1.98. The zero-order valence-electron chi connectivity index (χ0n) is 9.08. The minimum absolute atomic E-state index is 0.424. The van der Waals surface area contributed by atoms with Crippen LogP contribution in [-0.2, 0) is 11.3 Å². The molecule has 0 spiro atoms. The fraction of sp³-hybridized carbons (Fsp3) is 0.556. The Hall–Kier alpha value is -1.56. The van der Waals surface area contributed by atoms with Crippen LogP contribution >= 0.6 is 0 Å². The van der Waals surface area contributed by atoms with E-state index >= 15 is 0 Å². The van der Waals surface area contributed by atoms with Crippen LogP contribution in [0.3, 0.4) is 0 Å². The van der Waals surface area contributed by atoms with Crippen molar-refractivity contribution in [3.8, 4) is 0 Å². The highest BCUT2D eigenvalue weighted by Crippen LogP contribution is 2.03. The van der Waals surface area contributed by atoms with Gasteiger partial charge < -0.3 is 15.8 Å². The van der Waals surface area contributed by atoms with Crippen LogP contribution in [0, 0.1) is 6.92 Å². The first-order chi connectivity index (χ1) is 7.24. The molecule has 4 N–H and O–H groups in total. The highest BCUT2D eigenvalue weighted by atomic mass is 16.5. The number of hydrogen-bond donors (Lipinski definition) is 3. The van der Waals surface area contributed by atoms with Crippen LogP contribution in [-0.4, -0.2) is 36.4 Å². The molecule has 0 saturated heterocycles. The van der Waals surface area contributed by atoms with Crippen molar-refractivity contribution in [2.75, 3.05) is 20.3 Å². The van der Waals surface area contributed by atoms with Crippen LogP contribution in [0.2, 0.25) is 0 Å². The molecule has 0 radical (unpaired) electrons. The molecule has 0 fully saturated rings. The number of nitrogens with one attached hydrogen (secondary N) is 2. The molecule has 0 aliphatic rings. The molecule has 0 bridgehead atoms. The van der Waals surface area contributed by atoms with Crippen molar-refractivity contribution in [2.24, 2.45) is 10.7 Å². The molecule has 6 heteroatoms. The predicted molar refractivity (Wildman–Crippen MR) is 58.5 cm³/mol. The standard InChI is InChI=1S/C9H17N5O/c1-7-8(6-13-14-7)5-12-9(10)11-3-4-15-2/h6H,3-5H2,1-2H3,(H,13,14)(H3,10,11,12). The molecule has 0 unspecified atom stereocenters. The van der Waals surface area contributed by atoms with Crippen LogP contribution in [0.15, 0.2) is 11.2 Å². The second-order valence-electron chi connectivity index (χ2n) is 3.14.